The summed E-state index contributed by atoms with van der Waals surface area (Å²) in [6.45, 7) is 27.5. The first-order chi connectivity index (χ1) is 12.2. The molecular formula is C26H44. The summed E-state index contributed by atoms with van der Waals surface area (Å²) >= 11 is 0. The summed E-state index contributed by atoms with van der Waals surface area (Å²) in [5, 5.41) is 0. The molecule has 0 saturated heterocycles. The zero-order valence-electron chi connectivity index (χ0n) is 19.1. The molecule has 26 heavy (non-hydrogen) atoms. The summed E-state index contributed by atoms with van der Waals surface area (Å²) in [6, 6.07) is 8.80. The van der Waals surface area contributed by atoms with Crippen LogP contribution in [0.5, 0.6) is 0 Å². The van der Waals surface area contributed by atoms with Crippen LogP contribution in [-0.4, -0.2) is 0 Å². The van der Waals surface area contributed by atoms with Crippen LogP contribution < -0.4 is 0 Å². The molecular weight excluding hydrogens is 312 g/mol. The molecule has 0 aliphatic heterocycles. The fourth-order valence-electron chi connectivity index (χ4n) is 2.26. The van der Waals surface area contributed by atoms with Gasteiger partial charge in [0.1, 0.15) is 0 Å². The van der Waals surface area contributed by atoms with Crippen molar-refractivity contribution in [3.05, 3.63) is 65.8 Å². The Morgan fingerprint density at radius 3 is 1.69 bits per heavy atom. The molecule has 0 heterocycles. The van der Waals surface area contributed by atoms with E-state index in [0.29, 0.717) is 0 Å². The van der Waals surface area contributed by atoms with Crippen molar-refractivity contribution in [2.75, 3.05) is 0 Å². The lowest BCUT2D eigenvalue weighted by molar-refractivity contribution is 0.590. The largest absolute Gasteiger partial charge is 0.0953 e. The highest BCUT2D eigenvalue weighted by atomic mass is 14.2. The maximum Gasteiger partial charge on any atom is -0.0132 e. The fraction of sp³-hybridized carbons (Fsp3) is 0.538. The van der Waals surface area contributed by atoms with Gasteiger partial charge in [-0.1, -0.05) is 118 Å². The smallest absolute Gasteiger partial charge is 0.0132 e. The number of rotatable bonds is 6. The van der Waals surface area contributed by atoms with Crippen LogP contribution >= 0.6 is 0 Å². The van der Waals surface area contributed by atoms with Crippen molar-refractivity contribution in [1.29, 1.82) is 0 Å². The first-order valence-electron chi connectivity index (χ1n) is 10.3. The Kier molecular flexibility index (Phi) is 15.0. The van der Waals surface area contributed by atoms with E-state index >= 15 is 0 Å². The van der Waals surface area contributed by atoms with E-state index in [1.807, 2.05) is 13.8 Å². The van der Waals surface area contributed by atoms with E-state index in [2.05, 4.69) is 92.0 Å². The Labute approximate surface area is 165 Å². The molecule has 1 rings (SSSR count). The van der Waals surface area contributed by atoms with E-state index in [1.165, 1.54) is 36.0 Å². The van der Waals surface area contributed by atoms with Gasteiger partial charge >= 0.3 is 0 Å². The minimum absolute atomic E-state index is 0.205. The van der Waals surface area contributed by atoms with Gasteiger partial charge in [-0.3, -0.25) is 0 Å². The van der Waals surface area contributed by atoms with Crippen molar-refractivity contribution in [2.45, 2.75) is 93.4 Å². The number of hydrogen-bond donors (Lipinski definition) is 0. The van der Waals surface area contributed by atoms with Crippen LogP contribution in [0.15, 0.2) is 54.6 Å². The predicted molar refractivity (Wildman–Crippen MR) is 124 cm³/mol. The first kappa shape index (κ1) is 26.7. The molecule has 1 aromatic rings. The quantitative estimate of drug-likeness (QED) is 0.446. The number of benzene rings is 1. The van der Waals surface area contributed by atoms with Crippen LogP contribution in [0.2, 0.25) is 0 Å². The van der Waals surface area contributed by atoms with Crippen molar-refractivity contribution in [3.63, 3.8) is 0 Å². The van der Waals surface area contributed by atoms with Gasteiger partial charge in [0.2, 0.25) is 0 Å². The minimum atomic E-state index is 0.205. The third-order valence-electron chi connectivity index (χ3n) is 4.19. The molecule has 0 aliphatic rings. The van der Waals surface area contributed by atoms with Crippen molar-refractivity contribution in [2.24, 2.45) is 0 Å². The van der Waals surface area contributed by atoms with Crippen LogP contribution in [0.1, 0.15) is 99.1 Å². The SMILES string of the molecule is C=C(/C=C(\C)c1ccc(C(C)(C)C)cc1)C(=C)CC.CC.CCCCC. The Hall–Kier alpha value is -1.56. The predicted octanol–water partition coefficient (Wildman–Crippen LogP) is 9.13. The molecule has 0 atom stereocenters. The third kappa shape index (κ3) is 11.1. The van der Waals surface area contributed by atoms with Gasteiger partial charge in [-0.15, -0.1) is 0 Å². The molecule has 0 aromatic heterocycles. The second-order valence-electron chi connectivity index (χ2n) is 7.49. The number of allylic oxidation sites excluding steroid dienone is 4. The molecule has 0 unspecified atom stereocenters. The Bertz CT molecular complexity index is 530. The lowest BCUT2D eigenvalue weighted by Gasteiger charge is -2.19. The highest BCUT2D eigenvalue weighted by Gasteiger charge is 2.12. The second kappa shape index (κ2) is 14.6. The summed E-state index contributed by atoms with van der Waals surface area (Å²) in [4.78, 5) is 0. The molecule has 0 fully saturated rings. The molecule has 0 spiro atoms. The van der Waals surface area contributed by atoms with E-state index < -0.39 is 0 Å². The summed E-state index contributed by atoms with van der Waals surface area (Å²) in [6.07, 6.45) is 7.15. The van der Waals surface area contributed by atoms with Gasteiger partial charge in [-0.25, -0.2) is 0 Å². The van der Waals surface area contributed by atoms with Crippen LogP contribution in [0.3, 0.4) is 0 Å². The molecule has 0 radical (unpaired) electrons. The topological polar surface area (TPSA) is 0 Å². The van der Waals surface area contributed by atoms with Crippen molar-refractivity contribution in [3.8, 4) is 0 Å². The lowest BCUT2D eigenvalue weighted by Crippen LogP contribution is -2.10. The Morgan fingerprint density at radius 2 is 1.38 bits per heavy atom. The molecule has 0 N–H and O–H groups in total. The van der Waals surface area contributed by atoms with E-state index in [-0.39, 0.29) is 5.41 Å². The highest BCUT2D eigenvalue weighted by Crippen LogP contribution is 2.25. The maximum absolute atomic E-state index is 4.07. The average molecular weight is 357 g/mol. The molecule has 0 amide bonds. The molecule has 0 bridgehead atoms. The van der Waals surface area contributed by atoms with Gasteiger partial charge in [-0.05, 0) is 46.6 Å². The Balaban J connectivity index is 0. The van der Waals surface area contributed by atoms with Gasteiger partial charge < -0.3 is 0 Å². The Morgan fingerprint density at radius 1 is 0.923 bits per heavy atom. The molecule has 0 saturated carbocycles. The van der Waals surface area contributed by atoms with Crippen LogP contribution in [0.4, 0.5) is 0 Å². The minimum Gasteiger partial charge on any atom is -0.0953 e. The first-order valence-corrected chi connectivity index (χ1v) is 10.3. The third-order valence-corrected chi connectivity index (χ3v) is 4.19. The molecule has 148 valence electrons. The summed E-state index contributed by atoms with van der Waals surface area (Å²) in [7, 11) is 0. The lowest BCUT2D eigenvalue weighted by atomic mass is 9.86. The van der Waals surface area contributed by atoms with Crippen LogP contribution in [0.25, 0.3) is 5.57 Å². The normalized spacial score (nSPS) is 10.9. The van der Waals surface area contributed by atoms with E-state index in [0.717, 1.165) is 17.6 Å². The molecule has 0 aliphatic carbocycles. The van der Waals surface area contributed by atoms with Crippen LogP contribution in [-0.2, 0) is 5.41 Å². The van der Waals surface area contributed by atoms with Crippen LogP contribution in [0, 0.1) is 0 Å². The van der Waals surface area contributed by atoms with E-state index in [1.54, 1.807) is 0 Å². The van der Waals surface area contributed by atoms with Gasteiger partial charge in [0.25, 0.3) is 0 Å². The van der Waals surface area contributed by atoms with Crippen molar-refractivity contribution in [1.82, 2.24) is 0 Å². The molecule has 1 aromatic carbocycles. The van der Waals surface area contributed by atoms with Gasteiger partial charge in [-0.2, -0.15) is 0 Å². The van der Waals surface area contributed by atoms with Gasteiger partial charge in [0, 0.05) is 0 Å². The van der Waals surface area contributed by atoms with Gasteiger partial charge in [0.05, 0.1) is 0 Å². The number of unbranched alkanes of at least 4 members (excludes halogenated alkanes) is 2. The fourth-order valence-corrected chi connectivity index (χ4v) is 2.26. The highest BCUT2D eigenvalue weighted by molar-refractivity contribution is 5.68. The maximum atomic E-state index is 4.07. The van der Waals surface area contributed by atoms with E-state index in [9.17, 15) is 0 Å². The molecule has 0 heteroatoms. The summed E-state index contributed by atoms with van der Waals surface area (Å²) < 4.78 is 0. The van der Waals surface area contributed by atoms with Crippen molar-refractivity contribution < 1.29 is 0 Å². The molecule has 0 nitrogen and oxygen atoms in total. The van der Waals surface area contributed by atoms with E-state index in [4.69, 9.17) is 0 Å². The average Bonchev–Trinajstić information content (AvgIpc) is 2.63. The summed E-state index contributed by atoms with van der Waals surface area (Å²) in [5.41, 5.74) is 6.18. The van der Waals surface area contributed by atoms with Gasteiger partial charge in [0.15, 0.2) is 0 Å². The zero-order valence-corrected chi connectivity index (χ0v) is 19.1. The second-order valence-corrected chi connectivity index (χ2v) is 7.49. The summed E-state index contributed by atoms with van der Waals surface area (Å²) in [5.74, 6) is 0. The number of hydrogen-bond acceptors (Lipinski definition) is 0. The van der Waals surface area contributed by atoms with Crippen molar-refractivity contribution >= 4 is 5.57 Å². The standard InChI is InChI=1S/C19H26.C5H12.C2H6/c1-8-14(2)15(3)13-16(4)17-9-11-18(12-10-17)19(5,6)7;1-3-5-4-2;1-2/h9-13H,2-3,8H2,1,4-7H3;3-5H2,1-2H3;1-2H3/b16-13+;;. The zero-order chi connectivity index (χ0) is 20.8. The monoisotopic (exact) mass is 356 g/mol.